The van der Waals surface area contributed by atoms with Gasteiger partial charge in [0.25, 0.3) is 5.69 Å². The van der Waals surface area contributed by atoms with Gasteiger partial charge in [-0.1, -0.05) is 28.1 Å². The molecular weight excluding hydrogens is 454 g/mol. The van der Waals surface area contributed by atoms with Crippen molar-refractivity contribution in [3.05, 3.63) is 76.8 Å². The van der Waals surface area contributed by atoms with Gasteiger partial charge < -0.3 is 4.74 Å². The Hall–Kier alpha value is -2.77. The molecule has 1 heterocycles. The lowest BCUT2D eigenvalue weighted by Crippen LogP contribution is -2.29. The topological polar surface area (TPSA) is 69.4 Å². The van der Waals surface area contributed by atoms with Crippen molar-refractivity contribution in [3.8, 4) is 10.6 Å². The largest absolute Gasteiger partial charge is 0.426 e. The van der Waals surface area contributed by atoms with Crippen molar-refractivity contribution in [1.82, 2.24) is 0 Å². The fraction of sp³-hybridized carbons (Fsp3) is 0.136. The molecule has 146 valence electrons. The second-order valence-electron chi connectivity index (χ2n) is 7.07. The van der Waals surface area contributed by atoms with Crippen molar-refractivity contribution >= 4 is 58.2 Å². The quantitative estimate of drug-likeness (QED) is 0.0828. The summed E-state index contributed by atoms with van der Waals surface area (Å²) in [4.78, 5) is 24.0. The first kappa shape index (κ1) is 19.5. The van der Waals surface area contributed by atoms with Gasteiger partial charge in [0.05, 0.1) is 10.3 Å². The molecule has 0 radical (unpaired) electrons. The molecule has 0 saturated carbocycles. The SMILES string of the molecule is CC(C)(Br)C(=O)Oc1ccc(-[s+]2c3ccccc3c3cc([N+](=O)[O-])ccc32)cc1. The van der Waals surface area contributed by atoms with Gasteiger partial charge in [0.2, 0.25) is 0 Å². The molecule has 0 aliphatic carbocycles. The highest BCUT2D eigenvalue weighted by atomic mass is 79.9. The van der Waals surface area contributed by atoms with E-state index < -0.39 is 4.32 Å². The number of non-ortho nitro benzene ring substituents is 1. The van der Waals surface area contributed by atoms with Gasteiger partial charge in [0.15, 0.2) is 14.3 Å². The first-order valence-electron chi connectivity index (χ1n) is 8.89. The fourth-order valence-corrected chi connectivity index (χ4v) is 5.57. The molecule has 1 atom stereocenters. The maximum absolute atomic E-state index is 12.1. The summed E-state index contributed by atoms with van der Waals surface area (Å²) in [6.45, 7) is 3.47. The smallest absolute Gasteiger partial charge is 0.327 e. The number of hydrogen-bond acceptors (Lipinski definition) is 4. The Labute approximate surface area is 178 Å². The number of alkyl halides is 1. The van der Waals surface area contributed by atoms with Crippen LogP contribution >= 0.6 is 26.4 Å². The average Bonchev–Trinajstić information content (AvgIpc) is 3.01. The zero-order valence-corrected chi connectivity index (χ0v) is 18.1. The average molecular weight is 471 g/mol. The molecule has 7 heteroatoms. The van der Waals surface area contributed by atoms with Crippen LogP contribution in [0.1, 0.15) is 13.8 Å². The minimum atomic E-state index is -0.758. The summed E-state index contributed by atoms with van der Waals surface area (Å²) in [5.74, 6) is 0.114. The van der Waals surface area contributed by atoms with Gasteiger partial charge in [0, 0.05) is 46.2 Å². The van der Waals surface area contributed by atoms with E-state index in [1.54, 1.807) is 38.1 Å². The molecule has 4 aromatic rings. The van der Waals surface area contributed by atoms with E-state index in [1.807, 2.05) is 36.4 Å². The number of fused-ring (bicyclic) bond motifs is 3. The number of carbonyl (C=O) groups is 1. The highest BCUT2D eigenvalue weighted by molar-refractivity contribution is 9.10. The highest BCUT2D eigenvalue weighted by Gasteiger charge is 2.27. The van der Waals surface area contributed by atoms with Crippen LogP contribution in [0.4, 0.5) is 5.69 Å². The summed E-state index contributed by atoms with van der Waals surface area (Å²) in [6, 6.07) is 20.5. The van der Waals surface area contributed by atoms with E-state index in [0.29, 0.717) is 5.75 Å². The van der Waals surface area contributed by atoms with E-state index in [-0.39, 0.29) is 27.0 Å². The number of hydrogen-bond donors (Lipinski definition) is 0. The maximum Gasteiger partial charge on any atom is 0.327 e. The molecular formula is C22H17BrNO4S+. The van der Waals surface area contributed by atoms with Gasteiger partial charge in [0.1, 0.15) is 10.1 Å². The van der Waals surface area contributed by atoms with Crippen molar-refractivity contribution < 1.29 is 14.5 Å². The maximum atomic E-state index is 12.1. The lowest BCUT2D eigenvalue weighted by atomic mass is 10.1. The van der Waals surface area contributed by atoms with Gasteiger partial charge in [-0.3, -0.25) is 14.9 Å². The predicted octanol–water partition coefficient (Wildman–Crippen LogP) is 6.72. The van der Waals surface area contributed by atoms with Gasteiger partial charge in [-0.25, -0.2) is 0 Å². The number of halogens is 1. The molecule has 1 aromatic heterocycles. The zero-order valence-electron chi connectivity index (χ0n) is 15.7. The van der Waals surface area contributed by atoms with E-state index in [4.69, 9.17) is 4.74 Å². The Balaban J connectivity index is 1.83. The van der Waals surface area contributed by atoms with E-state index in [1.165, 1.54) is 0 Å². The summed E-state index contributed by atoms with van der Waals surface area (Å²) in [5.41, 5.74) is 0.0867. The van der Waals surface area contributed by atoms with Crippen LogP contribution in [-0.4, -0.2) is 15.2 Å². The van der Waals surface area contributed by atoms with Crippen molar-refractivity contribution in [1.29, 1.82) is 0 Å². The van der Waals surface area contributed by atoms with Crippen molar-refractivity contribution in [2.24, 2.45) is 0 Å². The minimum absolute atomic E-state index is 0.0867. The van der Waals surface area contributed by atoms with Crippen LogP contribution in [0.3, 0.4) is 0 Å². The Bertz CT molecular complexity index is 1260. The molecule has 0 aliphatic rings. The minimum Gasteiger partial charge on any atom is -0.426 e. The monoisotopic (exact) mass is 470 g/mol. The number of nitrogens with zero attached hydrogens (tertiary/aromatic N) is 1. The van der Waals surface area contributed by atoms with E-state index in [9.17, 15) is 14.9 Å². The second-order valence-corrected chi connectivity index (χ2v) is 11.0. The number of nitro groups is 1. The second kappa shape index (κ2) is 7.24. The number of nitro benzene ring substituents is 1. The third-order valence-electron chi connectivity index (χ3n) is 4.55. The molecule has 29 heavy (non-hydrogen) atoms. The molecule has 0 N–H and O–H groups in total. The summed E-state index contributed by atoms with van der Waals surface area (Å²) >= 11 is 3.30. The van der Waals surface area contributed by atoms with E-state index in [2.05, 4.69) is 22.0 Å². The van der Waals surface area contributed by atoms with Gasteiger partial charge >= 0.3 is 5.97 Å². The summed E-state index contributed by atoms with van der Waals surface area (Å²) in [5, 5.41) is 13.1. The highest BCUT2D eigenvalue weighted by Crippen LogP contribution is 2.49. The van der Waals surface area contributed by atoms with Crippen LogP contribution < -0.4 is 4.74 Å². The summed E-state index contributed by atoms with van der Waals surface area (Å²) < 4.78 is 6.85. The number of ether oxygens (including phenoxy) is 1. The van der Waals surface area contributed by atoms with E-state index in [0.717, 1.165) is 25.1 Å². The van der Waals surface area contributed by atoms with Gasteiger partial charge in [-0.05, 0) is 38.1 Å². The predicted molar refractivity (Wildman–Crippen MR) is 121 cm³/mol. The lowest BCUT2D eigenvalue weighted by Gasteiger charge is -2.14. The summed E-state index contributed by atoms with van der Waals surface area (Å²) in [6.07, 6.45) is 0. The molecule has 5 nitrogen and oxygen atoms in total. The number of esters is 1. The molecule has 3 aromatic carbocycles. The molecule has 0 fully saturated rings. The summed E-state index contributed by atoms with van der Waals surface area (Å²) in [7, 11) is -0.372. The number of thiophene rings is 1. The fourth-order valence-electron chi connectivity index (χ4n) is 3.13. The normalized spacial score (nSPS) is 12.3. The molecule has 0 aliphatic heterocycles. The third-order valence-corrected chi connectivity index (χ3v) is 7.21. The van der Waals surface area contributed by atoms with Crippen LogP contribution in [0.15, 0.2) is 66.7 Å². The van der Waals surface area contributed by atoms with Crippen LogP contribution in [0.25, 0.3) is 25.1 Å². The van der Waals surface area contributed by atoms with Crippen LogP contribution in [-0.2, 0) is 4.79 Å². The van der Waals surface area contributed by atoms with E-state index >= 15 is 0 Å². The lowest BCUT2D eigenvalue weighted by molar-refractivity contribution is -0.384. The van der Waals surface area contributed by atoms with Crippen molar-refractivity contribution in [2.45, 2.75) is 18.2 Å². The number of benzene rings is 3. The Morgan fingerprint density at radius 3 is 2.31 bits per heavy atom. The van der Waals surface area contributed by atoms with Gasteiger partial charge in [-0.2, -0.15) is 0 Å². The Morgan fingerprint density at radius 1 is 1.00 bits per heavy atom. The molecule has 1 unspecified atom stereocenters. The molecule has 0 saturated heterocycles. The molecule has 0 spiro atoms. The van der Waals surface area contributed by atoms with Gasteiger partial charge in [-0.15, -0.1) is 0 Å². The number of carbonyl (C=O) groups excluding carboxylic acids is 1. The Morgan fingerprint density at radius 2 is 1.66 bits per heavy atom. The van der Waals surface area contributed by atoms with Crippen molar-refractivity contribution in [3.63, 3.8) is 0 Å². The molecule has 0 amide bonds. The number of rotatable bonds is 4. The molecule has 4 rings (SSSR count). The molecule has 0 bridgehead atoms. The standard InChI is InChI=1S/C22H17BrNO4S/c1-22(2,23)21(25)28-15-8-10-16(11-9-15)29-19-6-4-3-5-17(19)18-13-14(24(26)27)7-12-20(18)29/h3-13H,1-2H3/q+1. The van der Waals surface area contributed by atoms with Crippen LogP contribution in [0.5, 0.6) is 5.75 Å². The Kier molecular flexibility index (Phi) is 4.88. The third kappa shape index (κ3) is 3.63. The van der Waals surface area contributed by atoms with Crippen LogP contribution in [0, 0.1) is 10.1 Å². The first-order chi connectivity index (χ1) is 13.8. The zero-order chi connectivity index (χ0) is 20.8. The van der Waals surface area contributed by atoms with Crippen LogP contribution in [0.2, 0.25) is 0 Å². The first-order valence-corrected chi connectivity index (χ1v) is 10.9. The van der Waals surface area contributed by atoms with Crippen molar-refractivity contribution in [2.75, 3.05) is 0 Å².